The molecule has 0 unspecified atom stereocenters. The van der Waals surface area contributed by atoms with Crippen LogP contribution in [0.15, 0.2) is 36.2 Å². The summed E-state index contributed by atoms with van der Waals surface area (Å²) in [6, 6.07) is 1.82. The number of pyridine rings is 1. The molecule has 3 aromatic rings. The zero-order valence-corrected chi connectivity index (χ0v) is 16.9. The molecule has 1 amide bonds. The number of amides is 1. The van der Waals surface area contributed by atoms with Crippen LogP contribution in [0.1, 0.15) is 35.8 Å². The largest absolute Gasteiger partial charge is 0.298 e. The fourth-order valence-corrected chi connectivity index (χ4v) is 4.04. The molecule has 4 rings (SSSR count). The molecule has 0 atom stereocenters. The van der Waals surface area contributed by atoms with Crippen LogP contribution in [0.2, 0.25) is 0 Å². The predicted octanol–water partition coefficient (Wildman–Crippen LogP) is 3.42. The lowest BCUT2D eigenvalue weighted by atomic mass is 9.99. The maximum atomic E-state index is 12.6. The third-order valence-electron chi connectivity index (χ3n) is 5.07. The van der Waals surface area contributed by atoms with Crippen LogP contribution in [0.3, 0.4) is 0 Å². The topological polar surface area (TPSA) is 75.9 Å². The summed E-state index contributed by atoms with van der Waals surface area (Å²) in [5, 5.41) is 9.71. The van der Waals surface area contributed by atoms with Gasteiger partial charge in [-0.1, -0.05) is 6.92 Å². The van der Waals surface area contributed by atoms with Crippen molar-refractivity contribution in [1.82, 2.24) is 24.6 Å². The first-order valence-electron chi connectivity index (χ1n) is 9.49. The molecular formula is C20H24N6OS. The number of piperidine rings is 1. The summed E-state index contributed by atoms with van der Waals surface area (Å²) in [6.07, 6.45) is 9.44. The second-order valence-electron chi connectivity index (χ2n) is 7.42. The molecule has 0 aromatic carbocycles. The van der Waals surface area contributed by atoms with Crippen molar-refractivity contribution in [3.63, 3.8) is 0 Å². The lowest BCUT2D eigenvalue weighted by molar-refractivity contribution is 0.102. The molecule has 0 bridgehead atoms. The van der Waals surface area contributed by atoms with Crippen molar-refractivity contribution in [2.45, 2.75) is 26.3 Å². The number of rotatable bonds is 5. The Hall–Kier alpha value is -2.58. The van der Waals surface area contributed by atoms with Gasteiger partial charge in [-0.25, -0.2) is 4.98 Å². The van der Waals surface area contributed by atoms with Crippen LogP contribution in [0, 0.1) is 5.92 Å². The van der Waals surface area contributed by atoms with E-state index in [4.69, 9.17) is 0 Å². The maximum Gasteiger partial charge on any atom is 0.259 e. The van der Waals surface area contributed by atoms with E-state index < -0.39 is 0 Å². The minimum Gasteiger partial charge on any atom is -0.298 e. The summed E-state index contributed by atoms with van der Waals surface area (Å²) >= 11 is 1.46. The van der Waals surface area contributed by atoms with Crippen LogP contribution >= 0.6 is 11.3 Å². The third kappa shape index (κ3) is 4.45. The van der Waals surface area contributed by atoms with E-state index in [0.717, 1.165) is 42.4 Å². The number of thiazole rings is 1. The SMILES string of the molecule is CC1CCN(Cc2csc(NC(=O)c3cncc(-c4cnn(C)c4)c3)n2)CC1. The first-order valence-corrected chi connectivity index (χ1v) is 10.4. The quantitative estimate of drug-likeness (QED) is 0.715. The molecule has 0 spiro atoms. The number of likely N-dealkylation sites (tertiary alicyclic amines) is 1. The van der Waals surface area contributed by atoms with Crippen molar-refractivity contribution in [3.05, 3.63) is 47.5 Å². The lowest BCUT2D eigenvalue weighted by Crippen LogP contribution is -2.32. The molecule has 146 valence electrons. The summed E-state index contributed by atoms with van der Waals surface area (Å²) in [4.78, 5) is 23.8. The molecule has 8 heteroatoms. The van der Waals surface area contributed by atoms with E-state index in [1.807, 2.05) is 24.7 Å². The molecule has 0 radical (unpaired) electrons. The summed E-state index contributed by atoms with van der Waals surface area (Å²) in [6.45, 7) is 5.39. The number of aromatic nitrogens is 4. The highest BCUT2D eigenvalue weighted by Gasteiger charge is 2.17. The van der Waals surface area contributed by atoms with Crippen molar-refractivity contribution < 1.29 is 4.79 Å². The number of nitrogens with zero attached hydrogens (tertiary/aromatic N) is 5. The Bertz CT molecular complexity index is 957. The van der Waals surface area contributed by atoms with Gasteiger partial charge in [0.2, 0.25) is 0 Å². The summed E-state index contributed by atoms with van der Waals surface area (Å²) in [5.74, 6) is 0.614. The summed E-state index contributed by atoms with van der Waals surface area (Å²) < 4.78 is 1.72. The van der Waals surface area contributed by atoms with Gasteiger partial charge in [0.25, 0.3) is 5.91 Å². The molecule has 28 heavy (non-hydrogen) atoms. The lowest BCUT2D eigenvalue weighted by Gasteiger charge is -2.29. The monoisotopic (exact) mass is 396 g/mol. The minimum absolute atomic E-state index is 0.203. The van der Waals surface area contributed by atoms with Crippen LogP contribution in [-0.2, 0) is 13.6 Å². The van der Waals surface area contributed by atoms with Crippen molar-refractivity contribution in [2.24, 2.45) is 13.0 Å². The van der Waals surface area contributed by atoms with E-state index in [1.165, 1.54) is 24.2 Å². The fourth-order valence-electron chi connectivity index (χ4n) is 3.35. The van der Waals surface area contributed by atoms with Gasteiger partial charge in [0.1, 0.15) is 0 Å². The van der Waals surface area contributed by atoms with Gasteiger partial charge in [-0.15, -0.1) is 11.3 Å². The van der Waals surface area contributed by atoms with E-state index in [-0.39, 0.29) is 5.91 Å². The Morgan fingerprint density at radius 1 is 1.25 bits per heavy atom. The molecule has 1 aliphatic rings. The number of aryl methyl sites for hydroxylation is 1. The standard InChI is InChI=1S/C20H24N6OS/c1-14-3-5-26(6-4-14)12-18-13-28-20(23-18)24-19(27)16-7-15(8-21-9-16)17-10-22-25(2)11-17/h7-11,13-14H,3-6,12H2,1-2H3,(H,23,24,27). The zero-order chi connectivity index (χ0) is 19.5. The molecule has 0 aliphatic carbocycles. The van der Waals surface area contributed by atoms with Crippen LogP contribution in [0.5, 0.6) is 0 Å². The molecule has 1 fully saturated rings. The Balaban J connectivity index is 1.39. The summed E-state index contributed by atoms with van der Waals surface area (Å²) in [7, 11) is 1.86. The van der Waals surface area contributed by atoms with Gasteiger partial charge in [0.05, 0.1) is 17.5 Å². The maximum absolute atomic E-state index is 12.6. The van der Waals surface area contributed by atoms with Crippen LogP contribution in [0.4, 0.5) is 5.13 Å². The predicted molar refractivity (Wildman–Crippen MR) is 110 cm³/mol. The Morgan fingerprint density at radius 2 is 2.07 bits per heavy atom. The first kappa shape index (κ1) is 18.8. The Labute approximate surface area is 168 Å². The van der Waals surface area contributed by atoms with Crippen LogP contribution in [-0.4, -0.2) is 43.6 Å². The van der Waals surface area contributed by atoms with Gasteiger partial charge >= 0.3 is 0 Å². The number of hydrogen-bond acceptors (Lipinski definition) is 6. The minimum atomic E-state index is -0.203. The second-order valence-corrected chi connectivity index (χ2v) is 8.28. The van der Waals surface area contributed by atoms with Gasteiger partial charge in [0.15, 0.2) is 5.13 Å². The zero-order valence-electron chi connectivity index (χ0n) is 16.1. The van der Waals surface area contributed by atoms with E-state index >= 15 is 0 Å². The van der Waals surface area contributed by atoms with Crippen LogP contribution < -0.4 is 5.32 Å². The van der Waals surface area contributed by atoms with Gasteiger partial charge < -0.3 is 0 Å². The van der Waals surface area contributed by atoms with Gasteiger partial charge in [0, 0.05) is 48.7 Å². The number of hydrogen-bond donors (Lipinski definition) is 1. The van der Waals surface area contributed by atoms with Crippen molar-refractivity contribution >= 4 is 22.4 Å². The Kier molecular flexibility index (Phi) is 5.50. The van der Waals surface area contributed by atoms with E-state index in [1.54, 1.807) is 23.3 Å². The van der Waals surface area contributed by atoms with Crippen LogP contribution in [0.25, 0.3) is 11.1 Å². The molecule has 7 nitrogen and oxygen atoms in total. The molecule has 0 saturated carbocycles. The van der Waals surface area contributed by atoms with Gasteiger partial charge in [-0.05, 0) is 37.9 Å². The molecule has 1 N–H and O–H groups in total. The molecule has 3 aromatic heterocycles. The number of nitrogens with one attached hydrogen (secondary N) is 1. The molecule has 1 aliphatic heterocycles. The number of carbonyl (C=O) groups excluding carboxylic acids is 1. The van der Waals surface area contributed by atoms with Gasteiger partial charge in [-0.3, -0.25) is 24.7 Å². The molecular weight excluding hydrogens is 372 g/mol. The second kappa shape index (κ2) is 8.20. The van der Waals surface area contributed by atoms with E-state index in [0.29, 0.717) is 10.7 Å². The normalized spacial score (nSPS) is 15.6. The average Bonchev–Trinajstić information content (AvgIpc) is 3.33. The number of carbonyl (C=O) groups is 1. The van der Waals surface area contributed by atoms with E-state index in [9.17, 15) is 4.79 Å². The smallest absolute Gasteiger partial charge is 0.259 e. The first-order chi connectivity index (χ1) is 13.6. The highest BCUT2D eigenvalue weighted by Crippen LogP contribution is 2.22. The highest BCUT2D eigenvalue weighted by atomic mass is 32.1. The average molecular weight is 397 g/mol. The van der Waals surface area contributed by atoms with E-state index in [2.05, 4.69) is 32.2 Å². The summed E-state index contributed by atoms with van der Waals surface area (Å²) in [5.41, 5.74) is 3.30. The molecule has 4 heterocycles. The third-order valence-corrected chi connectivity index (χ3v) is 5.88. The highest BCUT2D eigenvalue weighted by molar-refractivity contribution is 7.13. The van der Waals surface area contributed by atoms with Gasteiger partial charge in [-0.2, -0.15) is 5.10 Å². The molecule has 1 saturated heterocycles. The number of anilines is 1. The Morgan fingerprint density at radius 3 is 2.82 bits per heavy atom. The van der Waals surface area contributed by atoms with Crippen molar-refractivity contribution in [1.29, 1.82) is 0 Å². The van der Waals surface area contributed by atoms with Crippen molar-refractivity contribution in [2.75, 3.05) is 18.4 Å². The van der Waals surface area contributed by atoms with Crippen molar-refractivity contribution in [3.8, 4) is 11.1 Å². The fraction of sp³-hybridized carbons (Fsp3) is 0.400.